The lowest BCUT2D eigenvalue weighted by molar-refractivity contribution is -0.123. The van der Waals surface area contributed by atoms with E-state index in [2.05, 4.69) is 0 Å². The van der Waals surface area contributed by atoms with Gasteiger partial charge in [-0.2, -0.15) is 0 Å². The third-order valence-electron chi connectivity index (χ3n) is 5.22. The van der Waals surface area contributed by atoms with Gasteiger partial charge in [-0.25, -0.2) is 4.39 Å². The van der Waals surface area contributed by atoms with Crippen molar-refractivity contribution in [3.05, 3.63) is 93.1 Å². The highest BCUT2D eigenvalue weighted by molar-refractivity contribution is 8.18. The van der Waals surface area contributed by atoms with Gasteiger partial charge in [-0.15, -0.1) is 0 Å². The molecule has 2 aliphatic rings. The minimum Gasteiger partial charge on any atom is -0.489 e. The molecular weight excluding hydrogens is 481 g/mol. The first-order valence-corrected chi connectivity index (χ1v) is 11.5. The second kappa shape index (κ2) is 9.40. The summed E-state index contributed by atoms with van der Waals surface area (Å²) in [5, 5.41) is 0.00646. The number of hydrogen-bond acceptors (Lipinski definition) is 6. The molecule has 2 aliphatic heterocycles. The molecule has 0 saturated carbocycles. The van der Waals surface area contributed by atoms with Crippen LogP contribution in [0.5, 0.6) is 17.2 Å². The number of hydrogen-bond donors (Lipinski definition) is 0. The van der Waals surface area contributed by atoms with Crippen LogP contribution in [-0.2, 0) is 17.9 Å². The molecule has 2 amide bonds. The quantitative estimate of drug-likeness (QED) is 0.388. The molecule has 3 aromatic rings. The number of benzene rings is 3. The maximum Gasteiger partial charge on any atom is 0.293 e. The molecule has 0 atom stereocenters. The molecule has 1 fully saturated rings. The van der Waals surface area contributed by atoms with Gasteiger partial charge in [0.2, 0.25) is 6.79 Å². The average Bonchev–Trinajstić information content (AvgIpc) is 3.38. The Morgan fingerprint density at radius 1 is 1.06 bits per heavy atom. The summed E-state index contributed by atoms with van der Waals surface area (Å²) in [5.41, 5.74) is 2.13. The van der Waals surface area contributed by atoms with E-state index < -0.39 is 5.91 Å². The Morgan fingerprint density at radius 3 is 2.62 bits per heavy atom. The van der Waals surface area contributed by atoms with Crippen molar-refractivity contribution in [1.29, 1.82) is 0 Å². The summed E-state index contributed by atoms with van der Waals surface area (Å²) in [6, 6.07) is 16.5. The Kier molecular flexibility index (Phi) is 6.17. The third kappa shape index (κ3) is 4.73. The lowest BCUT2D eigenvalue weighted by Crippen LogP contribution is -2.27. The van der Waals surface area contributed by atoms with Crippen molar-refractivity contribution < 1.29 is 28.2 Å². The Bertz CT molecular complexity index is 1310. The zero-order chi connectivity index (χ0) is 23.7. The summed E-state index contributed by atoms with van der Waals surface area (Å²) in [5.74, 6) is 0.940. The van der Waals surface area contributed by atoms with Crippen LogP contribution in [0.3, 0.4) is 0 Å². The monoisotopic (exact) mass is 497 g/mol. The van der Waals surface area contributed by atoms with Crippen molar-refractivity contribution in [2.24, 2.45) is 0 Å². The van der Waals surface area contributed by atoms with Crippen LogP contribution < -0.4 is 14.2 Å². The molecule has 0 unspecified atom stereocenters. The van der Waals surface area contributed by atoms with Crippen LogP contribution in [0.2, 0.25) is 5.02 Å². The van der Waals surface area contributed by atoms with Gasteiger partial charge in [-0.3, -0.25) is 14.5 Å². The van der Waals surface area contributed by atoms with Crippen molar-refractivity contribution in [2.75, 3.05) is 6.79 Å². The largest absolute Gasteiger partial charge is 0.489 e. The summed E-state index contributed by atoms with van der Waals surface area (Å²) < 4.78 is 29.5. The number of halogens is 2. The van der Waals surface area contributed by atoms with Gasteiger partial charge in [0, 0.05) is 11.1 Å². The molecule has 172 valence electrons. The van der Waals surface area contributed by atoms with E-state index in [1.807, 2.05) is 6.07 Å². The number of ether oxygens (including phenoxy) is 3. The Labute approximate surface area is 203 Å². The number of carbonyl (C=O) groups is 2. The zero-order valence-corrected chi connectivity index (χ0v) is 19.2. The summed E-state index contributed by atoms with van der Waals surface area (Å²) in [4.78, 5) is 27.0. The van der Waals surface area contributed by atoms with E-state index in [0.29, 0.717) is 38.3 Å². The molecule has 3 aromatic carbocycles. The van der Waals surface area contributed by atoms with Gasteiger partial charge in [0.1, 0.15) is 18.2 Å². The average molecular weight is 498 g/mol. The summed E-state index contributed by atoms with van der Waals surface area (Å²) in [7, 11) is 0. The fourth-order valence-electron chi connectivity index (χ4n) is 3.48. The second-order valence-electron chi connectivity index (χ2n) is 7.55. The van der Waals surface area contributed by atoms with Crippen molar-refractivity contribution in [3.8, 4) is 17.2 Å². The zero-order valence-electron chi connectivity index (χ0n) is 17.6. The Morgan fingerprint density at radius 2 is 1.82 bits per heavy atom. The molecule has 0 aliphatic carbocycles. The van der Waals surface area contributed by atoms with Gasteiger partial charge in [0.25, 0.3) is 11.1 Å². The van der Waals surface area contributed by atoms with Gasteiger partial charge in [0.05, 0.1) is 11.4 Å². The molecule has 2 heterocycles. The number of imide groups is 1. The SMILES string of the molecule is O=C1S/C(=C\c2cccc(OCc3ccc(F)cc3)c2)C(=O)N1Cc1cc2c(cc1Cl)OCO2. The van der Waals surface area contributed by atoms with E-state index in [9.17, 15) is 14.0 Å². The van der Waals surface area contributed by atoms with E-state index in [1.165, 1.54) is 12.1 Å². The first-order chi connectivity index (χ1) is 16.5. The molecule has 9 heteroatoms. The van der Waals surface area contributed by atoms with Gasteiger partial charge < -0.3 is 14.2 Å². The summed E-state index contributed by atoms with van der Waals surface area (Å²) >= 11 is 7.18. The predicted octanol–water partition coefficient (Wildman–Crippen LogP) is 6.02. The second-order valence-corrected chi connectivity index (χ2v) is 8.95. The van der Waals surface area contributed by atoms with Crippen LogP contribution in [0.15, 0.2) is 65.6 Å². The number of carbonyl (C=O) groups excluding carboxylic acids is 2. The van der Waals surface area contributed by atoms with Crippen LogP contribution >= 0.6 is 23.4 Å². The summed E-state index contributed by atoms with van der Waals surface area (Å²) in [6.45, 7) is 0.404. The third-order valence-corrected chi connectivity index (χ3v) is 6.48. The van der Waals surface area contributed by atoms with Gasteiger partial charge in [-0.1, -0.05) is 35.9 Å². The number of rotatable bonds is 6. The van der Waals surface area contributed by atoms with E-state index in [-0.39, 0.29) is 31.0 Å². The lowest BCUT2D eigenvalue weighted by Gasteiger charge is -2.14. The first-order valence-electron chi connectivity index (χ1n) is 10.3. The number of thioether (sulfide) groups is 1. The molecule has 1 saturated heterocycles. The van der Waals surface area contributed by atoms with E-state index in [0.717, 1.165) is 22.2 Å². The van der Waals surface area contributed by atoms with Crippen molar-refractivity contribution in [2.45, 2.75) is 13.2 Å². The van der Waals surface area contributed by atoms with Crippen LogP contribution in [-0.4, -0.2) is 22.8 Å². The standard InChI is InChI=1S/C25H17ClFNO5S/c26-20-11-22-21(32-14-33-22)10-17(20)12-28-24(29)23(34-25(28)30)9-16-2-1-3-19(8-16)31-13-15-4-6-18(27)7-5-15/h1-11H,12-14H2/b23-9-. The van der Waals surface area contributed by atoms with Gasteiger partial charge >= 0.3 is 0 Å². The lowest BCUT2D eigenvalue weighted by atomic mass is 10.1. The molecule has 0 N–H and O–H groups in total. The maximum absolute atomic E-state index is 13.1. The number of amides is 2. The molecule has 0 radical (unpaired) electrons. The highest BCUT2D eigenvalue weighted by Gasteiger charge is 2.35. The Hall–Kier alpha value is -3.49. The van der Waals surface area contributed by atoms with Crippen LogP contribution in [0, 0.1) is 5.82 Å². The van der Waals surface area contributed by atoms with E-state index >= 15 is 0 Å². The highest BCUT2D eigenvalue weighted by Crippen LogP contribution is 2.39. The van der Waals surface area contributed by atoms with Crippen molar-refractivity contribution in [3.63, 3.8) is 0 Å². The molecule has 5 rings (SSSR count). The predicted molar refractivity (Wildman–Crippen MR) is 126 cm³/mol. The van der Waals surface area contributed by atoms with Crippen LogP contribution in [0.4, 0.5) is 9.18 Å². The fourth-order valence-corrected chi connectivity index (χ4v) is 4.53. The van der Waals surface area contributed by atoms with Gasteiger partial charge in [-0.05, 0) is 64.9 Å². The number of nitrogens with zero attached hydrogens (tertiary/aromatic N) is 1. The Balaban J connectivity index is 1.29. The minimum absolute atomic E-state index is 0.0261. The molecule has 34 heavy (non-hydrogen) atoms. The molecule has 0 spiro atoms. The molecule has 0 bridgehead atoms. The topological polar surface area (TPSA) is 65.1 Å². The van der Waals surface area contributed by atoms with E-state index in [1.54, 1.807) is 48.5 Å². The molecule has 6 nitrogen and oxygen atoms in total. The summed E-state index contributed by atoms with van der Waals surface area (Å²) in [6.07, 6.45) is 1.65. The van der Waals surface area contributed by atoms with Crippen LogP contribution in [0.25, 0.3) is 6.08 Å². The minimum atomic E-state index is -0.402. The maximum atomic E-state index is 13.1. The fraction of sp³-hybridized carbons (Fsp3) is 0.120. The van der Waals surface area contributed by atoms with Gasteiger partial charge in [0.15, 0.2) is 11.5 Å². The van der Waals surface area contributed by atoms with E-state index in [4.69, 9.17) is 25.8 Å². The molecule has 0 aromatic heterocycles. The first kappa shape index (κ1) is 22.3. The molecular formula is C25H17ClFNO5S. The number of fused-ring (bicyclic) bond motifs is 1. The highest BCUT2D eigenvalue weighted by atomic mass is 35.5. The normalized spacial score (nSPS) is 15.9. The van der Waals surface area contributed by atoms with Crippen molar-refractivity contribution >= 4 is 40.6 Å². The van der Waals surface area contributed by atoms with Crippen molar-refractivity contribution in [1.82, 2.24) is 4.90 Å². The smallest absolute Gasteiger partial charge is 0.293 e. The van der Waals surface area contributed by atoms with Crippen LogP contribution in [0.1, 0.15) is 16.7 Å².